The summed E-state index contributed by atoms with van der Waals surface area (Å²) in [5, 5.41) is 3.47. The number of hydrogen-bond acceptors (Lipinski definition) is 2. The van der Waals surface area contributed by atoms with Crippen molar-refractivity contribution in [1.29, 1.82) is 0 Å². The van der Waals surface area contributed by atoms with Crippen LogP contribution in [0.5, 0.6) is 0 Å². The highest BCUT2D eigenvalue weighted by Crippen LogP contribution is 2.62. The summed E-state index contributed by atoms with van der Waals surface area (Å²) in [6.45, 7) is 2.40. The van der Waals surface area contributed by atoms with E-state index in [9.17, 15) is 4.39 Å². The molecule has 0 atom stereocenters. The molecule has 1 aromatic carbocycles. The lowest BCUT2D eigenvalue weighted by Gasteiger charge is -2.56. The van der Waals surface area contributed by atoms with E-state index in [1.54, 1.807) is 19.2 Å². The first-order chi connectivity index (χ1) is 10.2. The fourth-order valence-corrected chi connectivity index (χ4v) is 4.67. The van der Waals surface area contributed by atoms with Crippen LogP contribution in [0.2, 0.25) is 0 Å². The Morgan fingerprint density at radius 3 is 2.57 bits per heavy atom. The standard InChI is InChI=1S/C18H26FNO/c1-21-11-10-20-14-18(15-6-2-3-7-16(15)19)12-17(13-18)8-4-5-9-17/h2-3,6-7,20H,4-5,8-14H2,1H3. The third kappa shape index (κ3) is 2.86. The van der Waals surface area contributed by atoms with Crippen molar-refractivity contribution < 1.29 is 9.13 Å². The molecule has 0 amide bonds. The van der Waals surface area contributed by atoms with Crippen LogP contribution in [0.3, 0.4) is 0 Å². The summed E-state index contributed by atoms with van der Waals surface area (Å²) in [5.74, 6) is -0.0427. The number of ether oxygens (including phenoxy) is 1. The van der Waals surface area contributed by atoms with Gasteiger partial charge in [0.1, 0.15) is 5.82 Å². The molecule has 2 fully saturated rings. The van der Waals surface area contributed by atoms with Gasteiger partial charge in [-0.25, -0.2) is 4.39 Å². The van der Waals surface area contributed by atoms with Crippen LogP contribution in [0.4, 0.5) is 4.39 Å². The molecule has 2 nitrogen and oxygen atoms in total. The first kappa shape index (κ1) is 15.0. The molecular formula is C18H26FNO. The lowest BCUT2D eigenvalue weighted by Crippen LogP contribution is -2.54. The van der Waals surface area contributed by atoms with Crippen molar-refractivity contribution >= 4 is 0 Å². The molecule has 2 saturated carbocycles. The lowest BCUT2D eigenvalue weighted by molar-refractivity contribution is 0.0238. The van der Waals surface area contributed by atoms with Crippen molar-refractivity contribution in [1.82, 2.24) is 5.32 Å². The molecule has 1 spiro atoms. The van der Waals surface area contributed by atoms with Gasteiger partial charge in [0.15, 0.2) is 0 Å². The average Bonchev–Trinajstić information content (AvgIpc) is 2.92. The van der Waals surface area contributed by atoms with Gasteiger partial charge >= 0.3 is 0 Å². The smallest absolute Gasteiger partial charge is 0.127 e. The number of rotatable bonds is 6. The lowest BCUT2D eigenvalue weighted by atomic mass is 9.49. The Balaban J connectivity index is 1.75. The topological polar surface area (TPSA) is 21.3 Å². The number of methoxy groups -OCH3 is 1. The molecule has 21 heavy (non-hydrogen) atoms. The summed E-state index contributed by atoms with van der Waals surface area (Å²) in [6, 6.07) is 7.34. The van der Waals surface area contributed by atoms with E-state index < -0.39 is 0 Å². The van der Waals surface area contributed by atoms with Gasteiger partial charge in [-0.2, -0.15) is 0 Å². The minimum Gasteiger partial charge on any atom is -0.383 e. The van der Waals surface area contributed by atoms with Crippen LogP contribution in [-0.4, -0.2) is 26.8 Å². The Morgan fingerprint density at radius 2 is 1.90 bits per heavy atom. The third-order valence-electron chi connectivity index (χ3n) is 5.48. The number of benzene rings is 1. The Labute approximate surface area is 127 Å². The summed E-state index contributed by atoms with van der Waals surface area (Å²) in [6.07, 6.45) is 7.65. The largest absolute Gasteiger partial charge is 0.383 e. The molecule has 0 aliphatic heterocycles. The number of hydrogen-bond donors (Lipinski definition) is 1. The van der Waals surface area contributed by atoms with Crippen LogP contribution in [0.15, 0.2) is 24.3 Å². The predicted octanol–water partition coefficient (Wildman–Crippen LogP) is 3.65. The zero-order valence-corrected chi connectivity index (χ0v) is 13.0. The molecule has 0 unspecified atom stereocenters. The first-order valence-corrected chi connectivity index (χ1v) is 8.15. The maximum Gasteiger partial charge on any atom is 0.127 e. The highest BCUT2D eigenvalue weighted by molar-refractivity contribution is 5.33. The minimum atomic E-state index is -0.0427. The maximum absolute atomic E-state index is 14.3. The van der Waals surface area contributed by atoms with E-state index >= 15 is 0 Å². The summed E-state index contributed by atoms with van der Waals surface area (Å²) in [5.41, 5.74) is 1.40. The highest BCUT2D eigenvalue weighted by atomic mass is 19.1. The van der Waals surface area contributed by atoms with Crippen LogP contribution < -0.4 is 5.32 Å². The predicted molar refractivity (Wildman–Crippen MR) is 83.0 cm³/mol. The van der Waals surface area contributed by atoms with E-state index in [1.165, 1.54) is 25.7 Å². The van der Waals surface area contributed by atoms with Gasteiger partial charge in [-0.15, -0.1) is 0 Å². The second-order valence-corrected chi connectivity index (χ2v) is 6.99. The van der Waals surface area contributed by atoms with E-state index in [4.69, 9.17) is 4.74 Å². The van der Waals surface area contributed by atoms with E-state index in [2.05, 4.69) is 5.32 Å². The van der Waals surface area contributed by atoms with Crippen LogP contribution in [-0.2, 0) is 10.2 Å². The fourth-order valence-electron chi connectivity index (χ4n) is 4.67. The molecule has 0 radical (unpaired) electrons. The summed E-state index contributed by atoms with van der Waals surface area (Å²) in [4.78, 5) is 0. The quantitative estimate of drug-likeness (QED) is 0.808. The molecular weight excluding hydrogens is 265 g/mol. The van der Waals surface area contributed by atoms with E-state index in [1.807, 2.05) is 12.1 Å². The monoisotopic (exact) mass is 291 g/mol. The molecule has 0 bridgehead atoms. The summed E-state index contributed by atoms with van der Waals surface area (Å²) in [7, 11) is 1.71. The average molecular weight is 291 g/mol. The van der Waals surface area contributed by atoms with Crippen molar-refractivity contribution in [3.63, 3.8) is 0 Å². The van der Waals surface area contributed by atoms with Crippen molar-refractivity contribution in [3.8, 4) is 0 Å². The highest BCUT2D eigenvalue weighted by Gasteiger charge is 2.56. The van der Waals surface area contributed by atoms with Gasteiger partial charge < -0.3 is 10.1 Å². The molecule has 0 aromatic heterocycles. The number of nitrogens with one attached hydrogen (secondary N) is 1. The Bertz CT molecular complexity index is 474. The molecule has 3 heteroatoms. The van der Waals surface area contributed by atoms with Crippen LogP contribution in [0.25, 0.3) is 0 Å². The van der Waals surface area contributed by atoms with Crippen LogP contribution in [0, 0.1) is 11.2 Å². The second kappa shape index (κ2) is 6.05. The van der Waals surface area contributed by atoms with E-state index in [0.29, 0.717) is 12.0 Å². The molecule has 0 heterocycles. The Kier molecular flexibility index (Phi) is 4.32. The number of halogens is 1. The van der Waals surface area contributed by atoms with Gasteiger partial charge in [-0.05, 0) is 42.7 Å². The third-order valence-corrected chi connectivity index (χ3v) is 5.48. The second-order valence-electron chi connectivity index (χ2n) is 6.99. The first-order valence-electron chi connectivity index (χ1n) is 8.15. The summed E-state index contributed by atoms with van der Waals surface area (Å²) < 4.78 is 19.4. The normalized spacial score (nSPS) is 22.4. The van der Waals surface area contributed by atoms with Gasteiger partial charge in [-0.1, -0.05) is 31.0 Å². The van der Waals surface area contributed by atoms with Crippen molar-refractivity contribution in [2.75, 3.05) is 26.8 Å². The Morgan fingerprint density at radius 1 is 1.19 bits per heavy atom. The van der Waals surface area contributed by atoms with Crippen molar-refractivity contribution in [3.05, 3.63) is 35.6 Å². The van der Waals surface area contributed by atoms with E-state index in [-0.39, 0.29) is 11.2 Å². The zero-order chi connectivity index (χ0) is 14.8. The zero-order valence-electron chi connectivity index (χ0n) is 13.0. The van der Waals surface area contributed by atoms with Crippen LogP contribution in [0.1, 0.15) is 44.1 Å². The molecule has 0 saturated heterocycles. The minimum absolute atomic E-state index is 0.0105. The molecule has 1 N–H and O–H groups in total. The SMILES string of the molecule is COCCNCC1(c2ccccc2F)CC2(CCCC2)C1. The molecule has 2 aliphatic carbocycles. The van der Waals surface area contributed by atoms with Gasteiger partial charge in [0, 0.05) is 25.6 Å². The molecule has 3 rings (SSSR count). The van der Waals surface area contributed by atoms with Gasteiger partial charge in [0.25, 0.3) is 0 Å². The molecule has 116 valence electrons. The van der Waals surface area contributed by atoms with Gasteiger partial charge in [-0.3, -0.25) is 0 Å². The fraction of sp³-hybridized carbons (Fsp3) is 0.667. The van der Waals surface area contributed by atoms with Gasteiger partial charge in [0.2, 0.25) is 0 Å². The summed E-state index contributed by atoms with van der Waals surface area (Å²) >= 11 is 0. The van der Waals surface area contributed by atoms with Crippen LogP contribution >= 0.6 is 0 Å². The van der Waals surface area contributed by atoms with Gasteiger partial charge in [0.05, 0.1) is 6.61 Å². The van der Waals surface area contributed by atoms with Crippen molar-refractivity contribution in [2.24, 2.45) is 5.41 Å². The van der Waals surface area contributed by atoms with E-state index in [0.717, 1.165) is 31.5 Å². The molecule has 2 aliphatic rings. The van der Waals surface area contributed by atoms with Crippen molar-refractivity contribution in [2.45, 2.75) is 43.9 Å². The molecule has 1 aromatic rings. The Hall–Kier alpha value is -0.930. The maximum atomic E-state index is 14.3.